The first-order valence-corrected chi connectivity index (χ1v) is 5.28. The summed E-state index contributed by atoms with van der Waals surface area (Å²) >= 11 is 0. The Morgan fingerprint density at radius 3 is 2.61 bits per heavy atom. The lowest BCUT2D eigenvalue weighted by atomic mass is 10.2. The van der Waals surface area contributed by atoms with Gasteiger partial charge >= 0.3 is 0 Å². The van der Waals surface area contributed by atoms with Crippen molar-refractivity contribution in [1.29, 1.82) is 0 Å². The summed E-state index contributed by atoms with van der Waals surface area (Å²) in [6.45, 7) is 1.74. The lowest BCUT2D eigenvalue weighted by molar-refractivity contribution is -0.385. The average molecular weight is 254 g/mol. The number of nitro groups is 1. The van der Waals surface area contributed by atoms with Crippen LogP contribution >= 0.6 is 0 Å². The average Bonchev–Trinajstić information content (AvgIpc) is 2.35. The van der Waals surface area contributed by atoms with Crippen LogP contribution in [0.5, 0.6) is 11.5 Å². The number of rotatable bonds is 6. The number of nitrogens with zero attached hydrogens (tertiary/aromatic N) is 1. The van der Waals surface area contributed by atoms with Gasteiger partial charge in [0.05, 0.1) is 18.1 Å². The first-order chi connectivity index (χ1) is 8.49. The molecule has 1 aromatic rings. The van der Waals surface area contributed by atoms with Crippen LogP contribution in [-0.4, -0.2) is 24.0 Å². The zero-order valence-corrected chi connectivity index (χ0v) is 10.1. The SMILES string of the molecule is CCC(Oc1ccc([N+](=O)[O-])cc1OC)C(N)=O. The molecule has 0 bridgehead atoms. The standard InChI is InChI=1S/C11H14N2O5/c1-3-8(11(12)14)18-9-5-4-7(13(15)16)6-10(9)17-2/h4-6,8H,3H2,1-2H3,(H2,12,14). The van der Waals surface area contributed by atoms with Gasteiger partial charge in [0.1, 0.15) is 0 Å². The fourth-order valence-corrected chi connectivity index (χ4v) is 1.36. The molecule has 7 heteroatoms. The summed E-state index contributed by atoms with van der Waals surface area (Å²) in [6, 6.07) is 3.87. The van der Waals surface area contributed by atoms with Crippen LogP contribution in [0, 0.1) is 10.1 Å². The summed E-state index contributed by atoms with van der Waals surface area (Å²) in [4.78, 5) is 21.1. The summed E-state index contributed by atoms with van der Waals surface area (Å²) in [7, 11) is 1.36. The largest absolute Gasteiger partial charge is 0.493 e. The van der Waals surface area contributed by atoms with E-state index >= 15 is 0 Å². The molecule has 18 heavy (non-hydrogen) atoms. The molecule has 1 unspecified atom stereocenters. The maximum Gasteiger partial charge on any atom is 0.273 e. The van der Waals surface area contributed by atoms with Gasteiger partial charge in [0, 0.05) is 6.07 Å². The maximum absolute atomic E-state index is 11.1. The van der Waals surface area contributed by atoms with Gasteiger partial charge in [0.15, 0.2) is 17.6 Å². The van der Waals surface area contributed by atoms with Crippen molar-refractivity contribution in [2.75, 3.05) is 7.11 Å². The smallest absolute Gasteiger partial charge is 0.273 e. The minimum absolute atomic E-state index is 0.119. The van der Waals surface area contributed by atoms with E-state index in [9.17, 15) is 14.9 Å². The summed E-state index contributed by atoms with van der Waals surface area (Å²) in [5, 5.41) is 10.6. The van der Waals surface area contributed by atoms with E-state index in [-0.39, 0.29) is 17.2 Å². The molecular formula is C11H14N2O5. The molecule has 0 heterocycles. The van der Waals surface area contributed by atoms with Gasteiger partial charge in [0.2, 0.25) is 0 Å². The van der Waals surface area contributed by atoms with Gasteiger partial charge < -0.3 is 15.2 Å². The van der Waals surface area contributed by atoms with Gasteiger partial charge in [0.25, 0.3) is 11.6 Å². The molecule has 0 spiro atoms. The number of amides is 1. The van der Waals surface area contributed by atoms with Gasteiger partial charge in [-0.1, -0.05) is 6.92 Å². The van der Waals surface area contributed by atoms with Crippen LogP contribution in [0.1, 0.15) is 13.3 Å². The Hall–Kier alpha value is -2.31. The molecule has 0 saturated heterocycles. The molecule has 2 N–H and O–H groups in total. The zero-order chi connectivity index (χ0) is 13.7. The number of non-ortho nitro benzene ring substituents is 1. The molecule has 0 radical (unpaired) electrons. The molecule has 1 rings (SSSR count). The molecular weight excluding hydrogens is 240 g/mol. The van der Waals surface area contributed by atoms with E-state index in [1.165, 1.54) is 25.3 Å². The van der Waals surface area contributed by atoms with Gasteiger partial charge in [-0.05, 0) is 12.5 Å². The van der Waals surface area contributed by atoms with E-state index in [4.69, 9.17) is 15.2 Å². The Kier molecular flexibility index (Phi) is 4.47. The number of hydrogen-bond acceptors (Lipinski definition) is 5. The Morgan fingerprint density at radius 2 is 2.17 bits per heavy atom. The van der Waals surface area contributed by atoms with Crippen molar-refractivity contribution in [2.24, 2.45) is 5.73 Å². The zero-order valence-electron chi connectivity index (χ0n) is 10.1. The topological polar surface area (TPSA) is 105 Å². The van der Waals surface area contributed by atoms with Crippen molar-refractivity contribution in [3.8, 4) is 11.5 Å². The van der Waals surface area contributed by atoms with Crippen molar-refractivity contribution in [3.05, 3.63) is 28.3 Å². The molecule has 1 amide bonds. The second-order valence-corrected chi connectivity index (χ2v) is 3.51. The maximum atomic E-state index is 11.1. The number of carbonyl (C=O) groups excluding carboxylic acids is 1. The molecule has 98 valence electrons. The molecule has 0 aromatic heterocycles. The number of nitro benzene ring substituents is 1. The predicted octanol–water partition coefficient (Wildman–Crippen LogP) is 1.25. The first kappa shape index (κ1) is 13.8. The Balaban J connectivity index is 3.02. The third kappa shape index (κ3) is 3.09. The number of hydrogen-bond donors (Lipinski definition) is 1. The van der Waals surface area contributed by atoms with Crippen molar-refractivity contribution in [3.63, 3.8) is 0 Å². The highest BCUT2D eigenvalue weighted by Gasteiger charge is 2.19. The van der Waals surface area contributed by atoms with Crippen molar-refractivity contribution >= 4 is 11.6 Å². The van der Waals surface area contributed by atoms with E-state index < -0.39 is 16.9 Å². The lowest BCUT2D eigenvalue weighted by Crippen LogP contribution is -2.33. The van der Waals surface area contributed by atoms with Crippen LogP contribution in [0.3, 0.4) is 0 Å². The second-order valence-electron chi connectivity index (χ2n) is 3.51. The number of nitrogens with two attached hydrogens (primary N) is 1. The lowest BCUT2D eigenvalue weighted by Gasteiger charge is -2.16. The molecule has 0 saturated carbocycles. The fourth-order valence-electron chi connectivity index (χ4n) is 1.36. The van der Waals surface area contributed by atoms with Crippen LogP contribution < -0.4 is 15.2 Å². The van der Waals surface area contributed by atoms with Crippen LogP contribution in [-0.2, 0) is 4.79 Å². The highest BCUT2D eigenvalue weighted by Crippen LogP contribution is 2.32. The number of methoxy groups -OCH3 is 1. The number of benzene rings is 1. The Morgan fingerprint density at radius 1 is 1.50 bits per heavy atom. The van der Waals surface area contributed by atoms with Crippen molar-refractivity contribution < 1.29 is 19.2 Å². The minimum Gasteiger partial charge on any atom is -0.493 e. The summed E-state index contributed by atoms with van der Waals surface area (Å²) in [5.74, 6) is -0.171. The van der Waals surface area contributed by atoms with E-state index in [1.807, 2.05) is 0 Å². The van der Waals surface area contributed by atoms with Crippen LogP contribution in [0.25, 0.3) is 0 Å². The van der Waals surface area contributed by atoms with Gasteiger partial charge in [-0.3, -0.25) is 14.9 Å². The predicted molar refractivity (Wildman–Crippen MR) is 63.5 cm³/mol. The van der Waals surface area contributed by atoms with E-state index in [1.54, 1.807) is 6.92 Å². The van der Waals surface area contributed by atoms with Gasteiger partial charge in [-0.2, -0.15) is 0 Å². The molecule has 7 nitrogen and oxygen atoms in total. The third-order valence-electron chi connectivity index (χ3n) is 2.32. The first-order valence-electron chi connectivity index (χ1n) is 5.28. The normalized spacial score (nSPS) is 11.7. The Labute approximate surface area is 104 Å². The van der Waals surface area contributed by atoms with Crippen molar-refractivity contribution in [2.45, 2.75) is 19.4 Å². The van der Waals surface area contributed by atoms with Crippen LogP contribution in [0.15, 0.2) is 18.2 Å². The second kappa shape index (κ2) is 5.85. The third-order valence-corrected chi connectivity index (χ3v) is 2.32. The quantitative estimate of drug-likeness (QED) is 0.607. The van der Waals surface area contributed by atoms with Crippen LogP contribution in [0.2, 0.25) is 0 Å². The fraction of sp³-hybridized carbons (Fsp3) is 0.364. The summed E-state index contributed by atoms with van der Waals surface area (Å²) < 4.78 is 10.3. The molecule has 0 fully saturated rings. The summed E-state index contributed by atoms with van der Waals surface area (Å²) in [6.07, 6.45) is -0.393. The van der Waals surface area contributed by atoms with Gasteiger partial charge in [-0.15, -0.1) is 0 Å². The van der Waals surface area contributed by atoms with Crippen LogP contribution in [0.4, 0.5) is 5.69 Å². The summed E-state index contributed by atoms with van der Waals surface area (Å²) in [5.41, 5.74) is 5.03. The number of carbonyl (C=O) groups is 1. The monoisotopic (exact) mass is 254 g/mol. The Bertz CT molecular complexity index is 461. The molecule has 0 aliphatic rings. The van der Waals surface area contributed by atoms with E-state index in [2.05, 4.69) is 0 Å². The van der Waals surface area contributed by atoms with Gasteiger partial charge in [-0.25, -0.2) is 0 Å². The van der Waals surface area contributed by atoms with E-state index in [0.29, 0.717) is 6.42 Å². The highest BCUT2D eigenvalue weighted by atomic mass is 16.6. The minimum atomic E-state index is -0.791. The number of ether oxygens (including phenoxy) is 2. The molecule has 0 aliphatic heterocycles. The molecule has 1 aromatic carbocycles. The molecule has 0 aliphatic carbocycles. The van der Waals surface area contributed by atoms with E-state index in [0.717, 1.165) is 0 Å². The van der Waals surface area contributed by atoms with Crippen molar-refractivity contribution in [1.82, 2.24) is 0 Å². The molecule has 1 atom stereocenters. The number of primary amides is 1. The highest BCUT2D eigenvalue weighted by molar-refractivity contribution is 5.79.